The highest BCUT2D eigenvalue weighted by Gasteiger charge is 2.19. The van der Waals surface area contributed by atoms with E-state index in [2.05, 4.69) is 5.16 Å². The topological polar surface area (TPSA) is 66.7 Å². The number of rotatable bonds is 4. The van der Waals surface area contributed by atoms with Crippen LogP contribution in [0, 0.1) is 12.7 Å². The monoisotopic (exact) mass is 307 g/mol. The lowest BCUT2D eigenvalue weighted by atomic mass is 10.1. The van der Waals surface area contributed by atoms with Crippen molar-refractivity contribution in [1.82, 2.24) is 0 Å². The number of oxime groups is 1. The fourth-order valence-corrected chi connectivity index (χ4v) is 3.12. The molecule has 0 aliphatic heterocycles. The predicted octanol–water partition coefficient (Wildman–Crippen LogP) is 2.79. The van der Waals surface area contributed by atoms with Gasteiger partial charge in [0.15, 0.2) is 9.84 Å². The third kappa shape index (κ3) is 3.66. The fourth-order valence-electron chi connectivity index (χ4n) is 1.82. The summed E-state index contributed by atoms with van der Waals surface area (Å²) in [5.41, 5.74) is 1.27. The molecule has 0 bridgehead atoms. The summed E-state index contributed by atoms with van der Waals surface area (Å²) in [7, 11) is -3.63. The molecule has 0 aromatic heterocycles. The van der Waals surface area contributed by atoms with Crippen LogP contribution in [-0.2, 0) is 9.84 Å². The maximum absolute atomic E-state index is 12.9. The second-order valence-electron chi connectivity index (χ2n) is 4.63. The molecule has 0 aliphatic carbocycles. The molecule has 1 N–H and O–H groups in total. The van der Waals surface area contributed by atoms with Gasteiger partial charge in [-0.15, -0.1) is 0 Å². The molecule has 0 saturated carbocycles. The van der Waals surface area contributed by atoms with E-state index in [0.29, 0.717) is 5.56 Å². The van der Waals surface area contributed by atoms with Crippen LogP contribution in [0.5, 0.6) is 0 Å². The molecule has 2 aromatic carbocycles. The van der Waals surface area contributed by atoms with E-state index in [0.717, 1.165) is 5.56 Å². The smallest absolute Gasteiger partial charge is 0.184 e. The number of benzene rings is 2. The summed E-state index contributed by atoms with van der Waals surface area (Å²) in [4.78, 5) is 0.149. The maximum Gasteiger partial charge on any atom is 0.184 e. The molecule has 110 valence electrons. The lowest BCUT2D eigenvalue weighted by Crippen LogP contribution is -2.17. The van der Waals surface area contributed by atoms with Gasteiger partial charge in [0, 0.05) is 5.56 Å². The average Bonchev–Trinajstić information content (AvgIpc) is 2.46. The zero-order chi connectivity index (χ0) is 15.5. The van der Waals surface area contributed by atoms with Crippen LogP contribution in [-0.4, -0.2) is 25.1 Å². The Balaban J connectivity index is 2.29. The number of hydrogen-bond donors (Lipinski definition) is 1. The van der Waals surface area contributed by atoms with Crippen molar-refractivity contribution in [1.29, 1.82) is 0 Å². The van der Waals surface area contributed by atoms with Crippen molar-refractivity contribution < 1.29 is 18.0 Å². The summed E-state index contributed by atoms with van der Waals surface area (Å²) >= 11 is 0. The molecule has 0 unspecified atom stereocenters. The molecule has 21 heavy (non-hydrogen) atoms. The van der Waals surface area contributed by atoms with E-state index in [1.807, 2.05) is 6.92 Å². The Morgan fingerprint density at radius 3 is 2.19 bits per heavy atom. The quantitative estimate of drug-likeness (QED) is 0.536. The van der Waals surface area contributed by atoms with Gasteiger partial charge in [-0.05, 0) is 31.2 Å². The third-order valence-corrected chi connectivity index (χ3v) is 4.65. The molecule has 2 aromatic rings. The highest BCUT2D eigenvalue weighted by Crippen LogP contribution is 2.15. The third-order valence-electron chi connectivity index (χ3n) is 3.00. The highest BCUT2D eigenvalue weighted by molar-refractivity contribution is 7.92. The van der Waals surface area contributed by atoms with Crippen molar-refractivity contribution in [3.63, 3.8) is 0 Å². The van der Waals surface area contributed by atoms with E-state index < -0.39 is 21.4 Å². The minimum atomic E-state index is -3.63. The zero-order valence-corrected chi connectivity index (χ0v) is 12.1. The highest BCUT2D eigenvalue weighted by atomic mass is 32.2. The normalized spacial score (nSPS) is 12.4. The summed E-state index contributed by atoms with van der Waals surface area (Å²) in [6, 6.07) is 11.5. The van der Waals surface area contributed by atoms with E-state index in [1.165, 1.54) is 36.4 Å². The Labute approximate surface area is 122 Å². The molecule has 2 rings (SSSR count). The molecule has 0 radical (unpaired) electrons. The van der Waals surface area contributed by atoms with Gasteiger partial charge in [-0.1, -0.05) is 35.0 Å². The van der Waals surface area contributed by atoms with Crippen molar-refractivity contribution in [2.75, 3.05) is 5.75 Å². The zero-order valence-electron chi connectivity index (χ0n) is 11.3. The van der Waals surface area contributed by atoms with Crippen LogP contribution < -0.4 is 0 Å². The summed E-state index contributed by atoms with van der Waals surface area (Å²) in [6.45, 7) is 1.86. The second-order valence-corrected chi connectivity index (χ2v) is 6.62. The van der Waals surface area contributed by atoms with Gasteiger partial charge in [0.25, 0.3) is 0 Å². The summed E-state index contributed by atoms with van der Waals surface area (Å²) in [5, 5.41) is 12.1. The summed E-state index contributed by atoms with van der Waals surface area (Å²) < 4.78 is 37.4. The van der Waals surface area contributed by atoms with E-state index >= 15 is 0 Å². The van der Waals surface area contributed by atoms with Crippen molar-refractivity contribution >= 4 is 15.5 Å². The van der Waals surface area contributed by atoms with E-state index in [1.54, 1.807) is 12.1 Å². The van der Waals surface area contributed by atoms with Gasteiger partial charge in [-0.3, -0.25) is 0 Å². The van der Waals surface area contributed by atoms with Gasteiger partial charge in [0.05, 0.1) is 4.90 Å². The van der Waals surface area contributed by atoms with Crippen LogP contribution in [0.4, 0.5) is 4.39 Å². The lowest BCUT2D eigenvalue weighted by Gasteiger charge is -2.07. The van der Waals surface area contributed by atoms with Gasteiger partial charge < -0.3 is 5.21 Å². The van der Waals surface area contributed by atoms with Crippen molar-refractivity contribution in [3.05, 3.63) is 65.5 Å². The molecule has 0 atom stereocenters. The van der Waals surface area contributed by atoms with Crippen LogP contribution in [0.2, 0.25) is 0 Å². The van der Waals surface area contributed by atoms with Crippen LogP contribution >= 0.6 is 0 Å². The largest absolute Gasteiger partial charge is 0.411 e. The Hall–Kier alpha value is -2.21. The first-order valence-corrected chi connectivity index (χ1v) is 7.84. The Morgan fingerprint density at radius 1 is 1.10 bits per heavy atom. The number of sulfone groups is 1. The molecule has 6 heteroatoms. The molecule has 0 aliphatic rings. The molecule has 0 saturated heterocycles. The van der Waals surface area contributed by atoms with E-state index in [-0.39, 0.29) is 10.6 Å². The minimum Gasteiger partial charge on any atom is -0.411 e. The van der Waals surface area contributed by atoms with Crippen LogP contribution in [0.25, 0.3) is 0 Å². The number of nitrogens with zero attached hydrogens (tertiary/aromatic N) is 1. The minimum absolute atomic E-state index is 0.0319. The van der Waals surface area contributed by atoms with Crippen molar-refractivity contribution in [2.24, 2.45) is 5.16 Å². The van der Waals surface area contributed by atoms with Gasteiger partial charge in [-0.25, -0.2) is 12.8 Å². The van der Waals surface area contributed by atoms with Gasteiger partial charge in [0.1, 0.15) is 17.3 Å². The first-order chi connectivity index (χ1) is 9.92. The molecular weight excluding hydrogens is 293 g/mol. The summed E-state index contributed by atoms with van der Waals surface area (Å²) in [6.07, 6.45) is 0. The van der Waals surface area contributed by atoms with Crippen molar-refractivity contribution in [2.45, 2.75) is 11.8 Å². The molecular formula is C15H14FNO3S. The number of hydrogen-bond acceptors (Lipinski definition) is 4. The lowest BCUT2D eigenvalue weighted by molar-refractivity contribution is 0.319. The molecule has 0 amide bonds. The standard InChI is InChI=1S/C15H14FNO3S/c1-11-2-8-14(9-3-11)21(19,20)10-15(17-18)12-4-6-13(16)7-5-12/h2-9,18H,10H2,1H3/b17-15-. The Kier molecular flexibility index (Phi) is 4.37. The molecule has 0 spiro atoms. The van der Waals surface area contributed by atoms with Crippen LogP contribution in [0.3, 0.4) is 0 Å². The molecule has 0 heterocycles. The second kappa shape index (κ2) is 6.05. The number of halogens is 1. The Bertz CT molecular complexity index is 751. The van der Waals surface area contributed by atoms with Crippen molar-refractivity contribution in [3.8, 4) is 0 Å². The van der Waals surface area contributed by atoms with Crippen LogP contribution in [0.15, 0.2) is 58.6 Å². The maximum atomic E-state index is 12.9. The first kappa shape index (κ1) is 15.2. The summed E-state index contributed by atoms with van der Waals surface area (Å²) in [5.74, 6) is -0.907. The predicted molar refractivity (Wildman–Crippen MR) is 78.0 cm³/mol. The van der Waals surface area contributed by atoms with Gasteiger partial charge in [0.2, 0.25) is 0 Å². The first-order valence-electron chi connectivity index (χ1n) is 6.19. The fraction of sp³-hybridized carbons (Fsp3) is 0.133. The Morgan fingerprint density at radius 2 is 1.67 bits per heavy atom. The molecule has 0 fully saturated rings. The van der Waals surface area contributed by atoms with E-state index in [4.69, 9.17) is 5.21 Å². The number of aryl methyl sites for hydroxylation is 1. The van der Waals surface area contributed by atoms with Crippen LogP contribution in [0.1, 0.15) is 11.1 Å². The van der Waals surface area contributed by atoms with E-state index in [9.17, 15) is 12.8 Å². The molecule has 4 nitrogen and oxygen atoms in total. The SMILES string of the molecule is Cc1ccc(S(=O)(=O)C/C(=N/O)c2ccc(F)cc2)cc1. The van der Waals surface area contributed by atoms with Gasteiger partial charge >= 0.3 is 0 Å². The average molecular weight is 307 g/mol. The van der Waals surface area contributed by atoms with Gasteiger partial charge in [-0.2, -0.15) is 0 Å².